The predicted octanol–water partition coefficient (Wildman–Crippen LogP) is 2.99. The Morgan fingerprint density at radius 2 is 2.06 bits per heavy atom. The topological polar surface area (TPSA) is 101 Å². The number of nitrogen functional groups attached to an aromatic ring is 1. The van der Waals surface area contributed by atoms with Gasteiger partial charge in [-0.15, -0.1) is 0 Å². The molecule has 1 amide bonds. The lowest BCUT2D eigenvalue weighted by molar-refractivity contribution is 0.0805. The quantitative estimate of drug-likeness (QED) is 0.688. The third-order valence-electron chi connectivity index (χ3n) is 6.12. The Morgan fingerprint density at radius 3 is 2.81 bits per heavy atom. The number of rotatable bonds is 1. The van der Waals surface area contributed by atoms with E-state index in [1.807, 2.05) is 13.0 Å². The third-order valence-corrected chi connectivity index (χ3v) is 6.12. The minimum atomic E-state index is -0.371. The first kappa shape index (κ1) is 20.8. The van der Waals surface area contributed by atoms with Gasteiger partial charge in [0.25, 0.3) is 5.91 Å². The molecule has 1 fully saturated rings. The van der Waals surface area contributed by atoms with Crippen molar-refractivity contribution in [2.24, 2.45) is 10.7 Å². The summed E-state index contributed by atoms with van der Waals surface area (Å²) in [4.78, 5) is 25.8. The van der Waals surface area contributed by atoms with E-state index in [1.165, 1.54) is 12.1 Å². The number of halogens is 1. The van der Waals surface area contributed by atoms with Crippen LogP contribution in [-0.2, 0) is 0 Å². The summed E-state index contributed by atoms with van der Waals surface area (Å²) in [5, 5.41) is 0. The Bertz CT molecular complexity index is 1110. The lowest BCUT2D eigenvalue weighted by atomic mass is 9.95. The number of hydrogen-bond donors (Lipinski definition) is 2. The number of pyridine rings is 1. The zero-order valence-electron chi connectivity index (χ0n) is 18.0. The normalized spacial score (nSPS) is 19.7. The lowest BCUT2D eigenvalue weighted by Crippen LogP contribution is -2.34. The molecule has 0 saturated carbocycles. The summed E-state index contributed by atoms with van der Waals surface area (Å²) in [6.45, 7) is 2.81. The fourth-order valence-corrected chi connectivity index (χ4v) is 4.56. The van der Waals surface area contributed by atoms with Crippen molar-refractivity contribution in [3.05, 3.63) is 58.7 Å². The molecule has 2 aliphatic heterocycles. The van der Waals surface area contributed by atoms with Gasteiger partial charge in [-0.05, 0) is 49.6 Å². The van der Waals surface area contributed by atoms with Crippen molar-refractivity contribution in [1.82, 2.24) is 9.88 Å². The molecule has 162 valence electrons. The predicted molar refractivity (Wildman–Crippen MR) is 121 cm³/mol. The molecule has 1 aromatic carbocycles. The highest BCUT2D eigenvalue weighted by Crippen LogP contribution is 2.41. The number of likely N-dealkylation sites (N-methyl/N-ethyl adjacent to an activating group) is 1. The zero-order valence-corrected chi connectivity index (χ0v) is 18.0. The second-order valence-corrected chi connectivity index (χ2v) is 8.08. The third kappa shape index (κ3) is 3.62. The highest BCUT2D eigenvalue weighted by Gasteiger charge is 2.33. The van der Waals surface area contributed by atoms with Crippen molar-refractivity contribution in [2.45, 2.75) is 25.8 Å². The Morgan fingerprint density at radius 1 is 1.29 bits per heavy atom. The van der Waals surface area contributed by atoms with E-state index in [9.17, 15) is 9.18 Å². The molecular formula is C23H27FN6O. The lowest BCUT2D eigenvalue weighted by Gasteiger charge is -2.31. The van der Waals surface area contributed by atoms with Crippen LogP contribution in [0.25, 0.3) is 5.57 Å². The van der Waals surface area contributed by atoms with Gasteiger partial charge in [0.15, 0.2) is 0 Å². The number of carbonyl (C=O) groups excluding carboxylic acids is 1. The van der Waals surface area contributed by atoms with Crippen LogP contribution in [0.1, 0.15) is 47.3 Å². The fraction of sp³-hybridized carbons (Fsp3) is 0.348. The van der Waals surface area contributed by atoms with Crippen LogP contribution in [0.3, 0.4) is 0 Å². The Labute approximate surface area is 181 Å². The van der Waals surface area contributed by atoms with E-state index in [4.69, 9.17) is 11.5 Å². The first-order valence-corrected chi connectivity index (χ1v) is 10.3. The van der Waals surface area contributed by atoms with Crippen LogP contribution < -0.4 is 16.4 Å². The van der Waals surface area contributed by atoms with Gasteiger partial charge in [0, 0.05) is 54.9 Å². The average Bonchev–Trinajstić information content (AvgIpc) is 3.23. The largest absolute Gasteiger partial charge is 0.400 e. The maximum Gasteiger partial charge on any atom is 0.254 e. The molecule has 3 heterocycles. The van der Waals surface area contributed by atoms with E-state index in [0.717, 1.165) is 41.9 Å². The van der Waals surface area contributed by atoms with Crippen molar-refractivity contribution in [1.29, 1.82) is 0 Å². The first-order valence-electron chi connectivity index (χ1n) is 10.3. The van der Waals surface area contributed by atoms with Gasteiger partial charge in [0.1, 0.15) is 11.6 Å². The highest BCUT2D eigenvalue weighted by molar-refractivity contribution is 6.23. The molecule has 0 spiro atoms. The molecule has 0 aliphatic carbocycles. The molecule has 8 heteroatoms. The molecule has 2 bridgehead atoms. The second kappa shape index (κ2) is 8.02. The number of nitrogens with two attached hydrogens (primary N) is 2. The Kier molecular flexibility index (Phi) is 5.39. The van der Waals surface area contributed by atoms with Crippen molar-refractivity contribution in [3.8, 4) is 0 Å². The number of benzene rings is 1. The van der Waals surface area contributed by atoms with E-state index < -0.39 is 0 Å². The molecule has 31 heavy (non-hydrogen) atoms. The number of aromatic nitrogens is 1. The molecule has 0 radical (unpaired) electrons. The molecule has 1 atom stereocenters. The van der Waals surface area contributed by atoms with Crippen molar-refractivity contribution < 1.29 is 9.18 Å². The number of carbonyl (C=O) groups is 1. The summed E-state index contributed by atoms with van der Waals surface area (Å²) in [6.07, 6.45) is 3.37. The van der Waals surface area contributed by atoms with Gasteiger partial charge < -0.3 is 21.3 Å². The van der Waals surface area contributed by atoms with Crippen LogP contribution in [0.4, 0.5) is 15.9 Å². The average molecular weight is 423 g/mol. The molecule has 1 saturated heterocycles. The summed E-state index contributed by atoms with van der Waals surface area (Å²) >= 11 is 0. The molecule has 1 aromatic heterocycles. The monoisotopic (exact) mass is 422 g/mol. The van der Waals surface area contributed by atoms with E-state index in [-0.39, 0.29) is 24.3 Å². The van der Waals surface area contributed by atoms with Gasteiger partial charge in [-0.25, -0.2) is 9.37 Å². The Balaban J connectivity index is 2.01. The molecular weight excluding hydrogens is 395 g/mol. The molecule has 4 N–H and O–H groups in total. The van der Waals surface area contributed by atoms with Gasteiger partial charge in [-0.1, -0.05) is 0 Å². The van der Waals surface area contributed by atoms with Crippen LogP contribution in [-0.4, -0.2) is 48.7 Å². The van der Waals surface area contributed by atoms with Gasteiger partial charge in [0.2, 0.25) is 0 Å². The van der Waals surface area contributed by atoms with Crippen LogP contribution in [0.2, 0.25) is 0 Å². The number of aliphatic imine (C=N–C) groups is 1. The van der Waals surface area contributed by atoms with Crippen LogP contribution >= 0.6 is 0 Å². The van der Waals surface area contributed by atoms with E-state index in [2.05, 4.69) is 14.9 Å². The SMILES string of the molecule is CN=C(C)C1=C(N)CN(C)C(=O)c2ccc(F)cc2[C@H]2CCCN2c2cc1cnc2N. The summed E-state index contributed by atoms with van der Waals surface area (Å²) in [7, 11) is 3.40. The maximum atomic E-state index is 14.3. The fourth-order valence-electron chi connectivity index (χ4n) is 4.56. The van der Waals surface area contributed by atoms with E-state index in [0.29, 0.717) is 22.6 Å². The van der Waals surface area contributed by atoms with Crippen LogP contribution in [0, 0.1) is 5.82 Å². The van der Waals surface area contributed by atoms with Crippen LogP contribution in [0.15, 0.2) is 41.2 Å². The molecule has 2 aliphatic rings. The molecule has 7 nitrogen and oxygen atoms in total. The number of amides is 1. The van der Waals surface area contributed by atoms with Gasteiger partial charge >= 0.3 is 0 Å². The molecule has 4 rings (SSSR count). The molecule has 2 aromatic rings. The van der Waals surface area contributed by atoms with Crippen molar-refractivity contribution in [2.75, 3.05) is 37.8 Å². The van der Waals surface area contributed by atoms with Crippen molar-refractivity contribution >= 4 is 28.7 Å². The molecule has 0 unspecified atom stereocenters. The number of nitrogens with zero attached hydrogens (tertiary/aromatic N) is 4. The second-order valence-electron chi connectivity index (χ2n) is 8.08. The number of anilines is 2. The van der Waals surface area contributed by atoms with E-state index in [1.54, 1.807) is 31.3 Å². The van der Waals surface area contributed by atoms with Gasteiger partial charge in [-0.2, -0.15) is 0 Å². The van der Waals surface area contributed by atoms with Gasteiger partial charge in [-0.3, -0.25) is 9.79 Å². The summed E-state index contributed by atoms with van der Waals surface area (Å²) < 4.78 is 14.3. The van der Waals surface area contributed by atoms with Crippen molar-refractivity contribution in [3.63, 3.8) is 0 Å². The van der Waals surface area contributed by atoms with Crippen LogP contribution in [0.5, 0.6) is 0 Å². The minimum Gasteiger partial charge on any atom is -0.400 e. The standard InChI is InChI=1S/C23H27FN6O/c1-13(27-2)21-14-9-20(22(26)28-11-14)30-8-4-5-19(30)17-10-15(24)6-7-16(17)23(31)29(3)12-18(21)25/h6-7,9-11,19H,4-5,8,12,25H2,1-3H3,(H2,26,28)/t19-/m1/s1. The summed E-state index contributed by atoms with van der Waals surface area (Å²) in [5.74, 6) is -0.187. The Hall–Kier alpha value is -3.42. The minimum absolute atomic E-state index is 0.174. The maximum absolute atomic E-state index is 14.3. The van der Waals surface area contributed by atoms with E-state index >= 15 is 0 Å². The first-order chi connectivity index (χ1) is 14.8. The number of fused-ring (bicyclic) bond motifs is 6. The zero-order chi connectivity index (χ0) is 22.3. The van der Waals surface area contributed by atoms with Gasteiger partial charge in [0.05, 0.1) is 18.3 Å². The summed E-state index contributed by atoms with van der Waals surface area (Å²) in [5.41, 5.74) is 17.4. The number of hydrogen-bond acceptors (Lipinski definition) is 6. The number of allylic oxidation sites excluding steroid dienone is 1. The highest BCUT2D eigenvalue weighted by atomic mass is 19.1. The summed E-state index contributed by atoms with van der Waals surface area (Å²) in [6, 6.07) is 6.14. The smallest absolute Gasteiger partial charge is 0.254 e.